The molecular weight excluding hydrogens is 212 g/mol. The van der Waals surface area contributed by atoms with Crippen molar-refractivity contribution < 1.29 is 0 Å². The monoisotopic (exact) mass is 228 g/mol. The number of rotatable bonds is 4. The highest BCUT2D eigenvalue weighted by molar-refractivity contribution is 5.81. The number of amidine groups is 1. The number of hydrogen-bond donors (Lipinski definition) is 2. The predicted molar refractivity (Wildman–Crippen MR) is 68.9 cm³/mol. The molecule has 2 aromatic rings. The van der Waals surface area contributed by atoms with E-state index in [4.69, 9.17) is 11.1 Å². The summed E-state index contributed by atoms with van der Waals surface area (Å²) in [6.07, 6.45) is 4.51. The maximum Gasteiger partial charge on any atom is 0.116 e. The summed E-state index contributed by atoms with van der Waals surface area (Å²) in [5.41, 5.74) is 7.72. The van der Waals surface area contributed by atoms with E-state index in [-0.39, 0.29) is 11.9 Å². The van der Waals surface area contributed by atoms with Gasteiger partial charge < -0.3 is 5.73 Å². The minimum Gasteiger partial charge on any atom is -0.386 e. The van der Waals surface area contributed by atoms with E-state index in [2.05, 4.69) is 5.10 Å². The third-order valence-electron chi connectivity index (χ3n) is 2.77. The minimum absolute atomic E-state index is 0.146. The molecule has 0 radical (unpaired) electrons. The number of aromatic nitrogens is 2. The Balaban J connectivity index is 2.30. The lowest BCUT2D eigenvalue weighted by atomic mass is 10.1. The molecule has 88 valence electrons. The van der Waals surface area contributed by atoms with Crippen LogP contribution in [0.25, 0.3) is 11.1 Å². The molecule has 3 N–H and O–H groups in total. The van der Waals surface area contributed by atoms with Gasteiger partial charge in [-0.25, -0.2) is 0 Å². The molecule has 0 spiro atoms. The number of nitrogens with one attached hydrogen (secondary N) is 1. The Kier molecular flexibility index (Phi) is 3.23. The lowest BCUT2D eigenvalue weighted by molar-refractivity contribution is 0.546. The van der Waals surface area contributed by atoms with Crippen molar-refractivity contribution in [2.24, 2.45) is 5.73 Å². The van der Waals surface area contributed by atoms with Crippen molar-refractivity contribution in [2.45, 2.75) is 19.4 Å². The van der Waals surface area contributed by atoms with Gasteiger partial charge in [-0.3, -0.25) is 10.1 Å². The molecule has 1 atom stereocenters. The first-order chi connectivity index (χ1) is 8.22. The molecule has 1 heterocycles. The van der Waals surface area contributed by atoms with E-state index in [1.165, 1.54) is 0 Å². The van der Waals surface area contributed by atoms with E-state index in [0.717, 1.165) is 17.5 Å². The average molecular weight is 228 g/mol. The summed E-state index contributed by atoms with van der Waals surface area (Å²) in [7, 11) is 0. The van der Waals surface area contributed by atoms with Gasteiger partial charge in [-0.15, -0.1) is 0 Å². The van der Waals surface area contributed by atoms with Gasteiger partial charge >= 0.3 is 0 Å². The van der Waals surface area contributed by atoms with Crippen molar-refractivity contribution in [3.05, 3.63) is 42.7 Å². The van der Waals surface area contributed by atoms with Gasteiger partial charge in [0.15, 0.2) is 0 Å². The van der Waals surface area contributed by atoms with Crippen molar-refractivity contribution in [2.75, 3.05) is 0 Å². The van der Waals surface area contributed by atoms with Crippen molar-refractivity contribution in [1.82, 2.24) is 9.78 Å². The van der Waals surface area contributed by atoms with E-state index < -0.39 is 0 Å². The molecule has 0 saturated carbocycles. The molecule has 0 aliphatic carbocycles. The first-order valence-corrected chi connectivity index (χ1v) is 5.66. The van der Waals surface area contributed by atoms with E-state index in [1.54, 1.807) is 10.9 Å². The highest BCUT2D eigenvalue weighted by Gasteiger charge is 2.13. The van der Waals surface area contributed by atoms with E-state index in [1.807, 2.05) is 43.5 Å². The fourth-order valence-corrected chi connectivity index (χ4v) is 1.84. The van der Waals surface area contributed by atoms with E-state index >= 15 is 0 Å². The molecule has 1 unspecified atom stereocenters. The molecule has 0 aliphatic heterocycles. The van der Waals surface area contributed by atoms with Gasteiger partial charge in [-0.05, 0) is 12.0 Å². The Morgan fingerprint density at radius 1 is 1.35 bits per heavy atom. The van der Waals surface area contributed by atoms with Crippen LogP contribution in [0.5, 0.6) is 0 Å². The molecule has 2 rings (SSSR count). The maximum absolute atomic E-state index is 7.52. The summed E-state index contributed by atoms with van der Waals surface area (Å²) < 4.78 is 1.75. The molecule has 0 bridgehead atoms. The van der Waals surface area contributed by atoms with Crippen LogP contribution in [0.1, 0.15) is 19.4 Å². The van der Waals surface area contributed by atoms with Crippen LogP contribution in [-0.2, 0) is 0 Å². The molecule has 1 aromatic heterocycles. The van der Waals surface area contributed by atoms with E-state index in [9.17, 15) is 0 Å². The Labute approximate surface area is 101 Å². The molecule has 0 saturated heterocycles. The zero-order valence-electron chi connectivity index (χ0n) is 9.80. The van der Waals surface area contributed by atoms with Crippen molar-refractivity contribution in [3.8, 4) is 11.1 Å². The van der Waals surface area contributed by atoms with Crippen LogP contribution in [0.4, 0.5) is 0 Å². The first kappa shape index (κ1) is 11.4. The molecule has 4 heteroatoms. The Morgan fingerprint density at radius 2 is 2.06 bits per heavy atom. The minimum atomic E-state index is -0.146. The maximum atomic E-state index is 7.52. The summed E-state index contributed by atoms with van der Waals surface area (Å²) >= 11 is 0. The summed E-state index contributed by atoms with van der Waals surface area (Å²) in [5.74, 6) is 0.148. The quantitative estimate of drug-likeness (QED) is 0.623. The van der Waals surface area contributed by atoms with Gasteiger partial charge in [0.1, 0.15) is 11.9 Å². The van der Waals surface area contributed by atoms with Gasteiger partial charge in [-0.2, -0.15) is 5.10 Å². The van der Waals surface area contributed by atoms with Gasteiger partial charge in [0.2, 0.25) is 0 Å². The predicted octanol–water partition coefficient (Wildman–Crippen LogP) is 2.44. The fourth-order valence-electron chi connectivity index (χ4n) is 1.84. The second-order valence-corrected chi connectivity index (χ2v) is 3.95. The summed E-state index contributed by atoms with van der Waals surface area (Å²) in [5, 5.41) is 11.8. The number of hydrogen-bond acceptors (Lipinski definition) is 2. The van der Waals surface area contributed by atoms with Crippen molar-refractivity contribution in [3.63, 3.8) is 0 Å². The second-order valence-electron chi connectivity index (χ2n) is 3.95. The van der Waals surface area contributed by atoms with Gasteiger partial charge in [-0.1, -0.05) is 37.3 Å². The number of nitrogens with two attached hydrogens (primary N) is 1. The highest BCUT2D eigenvalue weighted by atomic mass is 15.3. The topological polar surface area (TPSA) is 67.7 Å². The molecule has 4 nitrogen and oxygen atoms in total. The Hall–Kier alpha value is -2.10. The third-order valence-corrected chi connectivity index (χ3v) is 2.77. The Morgan fingerprint density at radius 3 is 2.65 bits per heavy atom. The summed E-state index contributed by atoms with van der Waals surface area (Å²) in [4.78, 5) is 0. The average Bonchev–Trinajstić information content (AvgIpc) is 2.80. The lowest BCUT2D eigenvalue weighted by Crippen LogP contribution is -2.25. The summed E-state index contributed by atoms with van der Waals surface area (Å²) in [6.45, 7) is 2.00. The molecular formula is C13H16N4. The number of nitrogens with zero attached hydrogens (tertiary/aromatic N) is 2. The zero-order chi connectivity index (χ0) is 12.3. The normalized spacial score (nSPS) is 12.3. The third kappa shape index (κ3) is 2.36. The van der Waals surface area contributed by atoms with Gasteiger partial charge in [0.05, 0.1) is 6.20 Å². The van der Waals surface area contributed by atoms with Crippen molar-refractivity contribution >= 4 is 5.84 Å². The first-order valence-electron chi connectivity index (χ1n) is 5.66. The van der Waals surface area contributed by atoms with Crippen LogP contribution >= 0.6 is 0 Å². The summed E-state index contributed by atoms with van der Waals surface area (Å²) in [6, 6.07) is 9.90. The molecule has 0 fully saturated rings. The van der Waals surface area contributed by atoms with Gasteiger partial charge in [0, 0.05) is 11.8 Å². The Bertz CT molecular complexity index is 501. The van der Waals surface area contributed by atoms with Gasteiger partial charge in [0.25, 0.3) is 0 Å². The smallest absolute Gasteiger partial charge is 0.116 e. The van der Waals surface area contributed by atoms with Crippen LogP contribution in [0.15, 0.2) is 42.7 Å². The standard InChI is InChI=1S/C13H16N4/c1-2-12(13(14)15)17-9-11(8-16-17)10-6-4-3-5-7-10/h3-9,12H,2H2,1H3,(H3,14,15). The zero-order valence-corrected chi connectivity index (χ0v) is 9.80. The molecule has 17 heavy (non-hydrogen) atoms. The lowest BCUT2D eigenvalue weighted by Gasteiger charge is -2.12. The van der Waals surface area contributed by atoms with Crippen LogP contribution in [-0.4, -0.2) is 15.6 Å². The van der Waals surface area contributed by atoms with Crippen LogP contribution < -0.4 is 5.73 Å². The van der Waals surface area contributed by atoms with E-state index in [0.29, 0.717) is 0 Å². The molecule has 0 aliphatic rings. The molecule has 0 amide bonds. The largest absolute Gasteiger partial charge is 0.386 e. The number of benzene rings is 1. The second kappa shape index (κ2) is 4.82. The van der Waals surface area contributed by atoms with Crippen LogP contribution in [0, 0.1) is 5.41 Å². The SMILES string of the molecule is CCC(C(=N)N)n1cc(-c2ccccc2)cn1. The molecule has 1 aromatic carbocycles. The highest BCUT2D eigenvalue weighted by Crippen LogP contribution is 2.20. The van der Waals surface area contributed by atoms with Crippen LogP contribution in [0.2, 0.25) is 0 Å². The van der Waals surface area contributed by atoms with Crippen LogP contribution in [0.3, 0.4) is 0 Å². The van der Waals surface area contributed by atoms with Crippen molar-refractivity contribution in [1.29, 1.82) is 5.41 Å². The fraction of sp³-hybridized carbons (Fsp3) is 0.231.